The molecule has 10 heteroatoms. The summed E-state index contributed by atoms with van der Waals surface area (Å²) in [4.78, 5) is 26.4. The summed E-state index contributed by atoms with van der Waals surface area (Å²) >= 11 is 0. The first-order chi connectivity index (χ1) is 14.6. The van der Waals surface area contributed by atoms with E-state index in [4.69, 9.17) is 4.74 Å². The standard InChI is InChI=1S/C20H22N8O2/c1-13-10-17(27-7-3-6-23-27)21-11-15(13)24-19-22-12-16-18(25-19)28(20(29)26(16)2)14-4-8-30-9-5-14/h3,6-7,10-12,14H,4-5,8-9H2,1-2H3,(H,22,24,25). The quantitative estimate of drug-likeness (QED) is 0.553. The SMILES string of the molecule is Cc1cc(-n2cccn2)ncc1Nc1ncc2c(n1)n(C1CCOCC1)c(=O)n2C. The van der Waals surface area contributed by atoms with Crippen molar-refractivity contribution in [1.29, 1.82) is 0 Å². The van der Waals surface area contributed by atoms with Gasteiger partial charge in [0.1, 0.15) is 5.52 Å². The van der Waals surface area contributed by atoms with Crippen molar-refractivity contribution in [3.63, 3.8) is 0 Å². The Balaban J connectivity index is 1.50. The predicted octanol–water partition coefficient (Wildman–Crippen LogP) is 2.11. The van der Waals surface area contributed by atoms with Gasteiger partial charge in [-0.2, -0.15) is 10.1 Å². The number of hydrogen-bond acceptors (Lipinski definition) is 7. The van der Waals surface area contributed by atoms with E-state index in [0.29, 0.717) is 30.3 Å². The summed E-state index contributed by atoms with van der Waals surface area (Å²) in [6.45, 7) is 3.28. The zero-order chi connectivity index (χ0) is 20.7. The number of pyridine rings is 1. The minimum Gasteiger partial charge on any atom is -0.381 e. The molecule has 4 aromatic rings. The molecule has 0 unspecified atom stereocenters. The van der Waals surface area contributed by atoms with E-state index in [0.717, 1.165) is 29.9 Å². The van der Waals surface area contributed by atoms with Crippen molar-refractivity contribution in [2.24, 2.45) is 7.05 Å². The summed E-state index contributed by atoms with van der Waals surface area (Å²) < 4.78 is 10.5. The molecule has 0 radical (unpaired) electrons. The number of fused-ring (bicyclic) bond motifs is 1. The Bertz CT molecular complexity index is 1250. The van der Waals surface area contributed by atoms with Crippen LogP contribution in [0.4, 0.5) is 11.6 Å². The van der Waals surface area contributed by atoms with Crippen molar-refractivity contribution in [2.45, 2.75) is 25.8 Å². The summed E-state index contributed by atoms with van der Waals surface area (Å²) in [5, 5.41) is 7.44. The number of nitrogens with one attached hydrogen (secondary N) is 1. The largest absolute Gasteiger partial charge is 0.381 e. The van der Waals surface area contributed by atoms with Gasteiger partial charge in [-0.1, -0.05) is 0 Å². The Morgan fingerprint density at radius 1 is 1.20 bits per heavy atom. The first-order valence-corrected chi connectivity index (χ1v) is 9.87. The van der Waals surface area contributed by atoms with Gasteiger partial charge in [0.2, 0.25) is 5.95 Å². The number of ether oxygens (including phenoxy) is 1. The van der Waals surface area contributed by atoms with Crippen LogP contribution in [0, 0.1) is 6.92 Å². The molecule has 0 aromatic carbocycles. The van der Waals surface area contributed by atoms with Crippen LogP contribution in [-0.2, 0) is 11.8 Å². The highest BCUT2D eigenvalue weighted by molar-refractivity contribution is 5.73. The number of aromatic nitrogens is 7. The molecule has 0 bridgehead atoms. The van der Waals surface area contributed by atoms with Crippen LogP contribution < -0.4 is 11.0 Å². The van der Waals surface area contributed by atoms with E-state index in [-0.39, 0.29) is 11.7 Å². The molecule has 0 amide bonds. The van der Waals surface area contributed by atoms with Crippen LogP contribution in [-0.4, -0.2) is 47.1 Å². The van der Waals surface area contributed by atoms with Crippen LogP contribution in [0.15, 0.2) is 41.7 Å². The summed E-state index contributed by atoms with van der Waals surface area (Å²) in [6.07, 6.45) is 8.56. The van der Waals surface area contributed by atoms with Gasteiger partial charge in [-0.3, -0.25) is 9.13 Å². The topological polar surface area (TPSA) is 105 Å². The van der Waals surface area contributed by atoms with Gasteiger partial charge in [0, 0.05) is 38.7 Å². The smallest absolute Gasteiger partial charge is 0.330 e. The lowest BCUT2D eigenvalue weighted by Crippen LogP contribution is -2.30. The van der Waals surface area contributed by atoms with Crippen molar-refractivity contribution < 1.29 is 4.74 Å². The lowest BCUT2D eigenvalue weighted by Gasteiger charge is -2.22. The summed E-state index contributed by atoms with van der Waals surface area (Å²) in [5.74, 6) is 1.15. The lowest BCUT2D eigenvalue weighted by atomic mass is 10.1. The molecule has 1 N–H and O–H groups in total. The van der Waals surface area contributed by atoms with Crippen molar-refractivity contribution in [3.8, 4) is 5.82 Å². The van der Waals surface area contributed by atoms with Crippen LogP contribution in [0.5, 0.6) is 0 Å². The monoisotopic (exact) mass is 406 g/mol. The Labute approximate surface area is 172 Å². The molecule has 1 aliphatic heterocycles. The fourth-order valence-corrected chi connectivity index (χ4v) is 3.79. The average Bonchev–Trinajstić information content (AvgIpc) is 3.38. The van der Waals surface area contributed by atoms with E-state index in [1.165, 1.54) is 0 Å². The van der Waals surface area contributed by atoms with Gasteiger partial charge in [0.05, 0.1) is 18.1 Å². The summed E-state index contributed by atoms with van der Waals surface area (Å²) in [6, 6.07) is 3.87. The van der Waals surface area contributed by atoms with Gasteiger partial charge in [-0.05, 0) is 37.5 Å². The van der Waals surface area contributed by atoms with E-state index >= 15 is 0 Å². The van der Waals surface area contributed by atoms with Crippen LogP contribution in [0.1, 0.15) is 24.4 Å². The number of imidazole rings is 1. The predicted molar refractivity (Wildman–Crippen MR) is 111 cm³/mol. The first-order valence-electron chi connectivity index (χ1n) is 9.87. The third kappa shape index (κ3) is 3.14. The molecule has 0 aliphatic carbocycles. The molecule has 30 heavy (non-hydrogen) atoms. The van der Waals surface area contributed by atoms with Gasteiger partial charge in [-0.15, -0.1) is 0 Å². The zero-order valence-electron chi connectivity index (χ0n) is 16.8. The second-order valence-electron chi connectivity index (χ2n) is 7.39. The number of aryl methyl sites for hydroxylation is 2. The first kappa shape index (κ1) is 18.5. The Kier molecular flexibility index (Phi) is 4.55. The maximum Gasteiger partial charge on any atom is 0.330 e. The number of anilines is 2. The maximum atomic E-state index is 12.8. The van der Waals surface area contributed by atoms with Crippen molar-refractivity contribution in [2.75, 3.05) is 18.5 Å². The van der Waals surface area contributed by atoms with Crippen LogP contribution in [0.3, 0.4) is 0 Å². The Hall–Kier alpha value is -3.53. The Morgan fingerprint density at radius 3 is 2.77 bits per heavy atom. The fraction of sp³-hybridized carbons (Fsp3) is 0.350. The van der Waals surface area contributed by atoms with E-state index in [9.17, 15) is 4.79 Å². The molecule has 10 nitrogen and oxygen atoms in total. The van der Waals surface area contributed by atoms with Gasteiger partial charge in [0.15, 0.2) is 11.5 Å². The fourth-order valence-electron chi connectivity index (χ4n) is 3.79. The molecule has 0 saturated carbocycles. The summed E-state index contributed by atoms with van der Waals surface area (Å²) in [7, 11) is 1.75. The van der Waals surface area contributed by atoms with Crippen molar-refractivity contribution >= 4 is 22.8 Å². The Morgan fingerprint density at radius 2 is 2.03 bits per heavy atom. The minimum atomic E-state index is -0.0789. The highest BCUT2D eigenvalue weighted by Crippen LogP contribution is 2.25. The van der Waals surface area contributed by atoms with Gasteiger partial charge in [0.25, 0.3) is 0 Å². The van der Waals surface area contributed by atoms with E-state index in [2.05, 4.69) is 25.4 Å². The summed E-state index contributed by atoms with van der Waals surface area (Å²) in [5.41, 5.74) is 3.03. The minimum absolute atomic E-state index is 0.0782. The van der Waals surface area contributed by atoms with Gasteiger partial charge >= 0.3 is 5.69 Å². The number of nitrogens with zero attached hydrogens (tertiary/aromatic N) is 7. The third-order valence-corrected chi connectivity index (χ3v) is 5.47. The normalized spacial score (nSPS) is 15.0. The molecular weight excluding hydrogens is 384 g/mol. The van der Waals surface area contributed by atoms with Crippen molar-refractivity contribution in [3.05, 3.63) is 53.0 Å². The second-order valence-corrected chi connectivity index (χ2v) is 7.39. The van der Waals surface area contributed by atoms with E-state index in [1.807, 2.05) is 25.3 Å². The van der Waals surface area contributed by atoms with Crippen LogP contribution in [0.25, 0.3) is 17.0 Å². The molecule has 1 fully saturated rings. The molecule has 0 spiro atoms. The molecule has 5 rings (SSSR count). The molecule has 5 heterocycles. The highest BCUT2D eigenvalue weighted by Gasteiger charge is 2.23. The number of hydrogen-bond donors (Lipinski definition) is 1. The molecule has 1 aliphatic rings. The third-order valence-electron chi connectivity index (χ3n) is 5.47. The second kappa shape index (κ2) is 7.38. The van der Waals surface area contributed by atoms with Gasteiger partial charge in [-0.25, -0.2) is 19.4 Å². The molecule has 0 atom stereocenters. The lowest BCUT2D eigenvalue weighted by molar-refractivity contribution is 0.0695. The molecule has 1 saturated heterocycles. The molecule has 154 valence electrons. The van der Waals surface area contributed by atoms with Crippen molar-refractivity contribution in [1.82, 2.24) is 33.9 Å². The molecular formula is C20H22N8O2. The van der Waals surface area contributed by atoms with Crippen LogP contribution in [0.2, 0.25) is 0 Å². The highest BCUT2D eigenvalue weighted by atomic mass is 16.5. The zero-order valence-corrected chi connectivity index (χ0v) is 16.8. The van der Waals surface area contributed by atoms with E-state index < -0.39 is 0 Å². The van der Waals surface area contributed by atoms with Gasteiger partial charge < -0.3 is 10.1 Å². The number of rotatable bonds is 4. The van der Waals surface area contributed by atoms with E-state index in [1.54, 1.807) is 39.5 Å². The average molecular weight is 406 g/mol. The van der Waals surface area contributed by atoms with Crippen LogP contribution >= 0.6 is 0 Å². The maximum absolute atomic E-state index is 12.8. The molecule has 4 aromatic heterocycles.